The summed E-state index contributed by atoms with van der Waals surface area (Å²) in [6.07, 6.45) is 1.85. The minimum Gasteiger partial charge on any atom is -0.491 e. The average molecular weight is 385 g/mol. The van der Waals surface area contributed by atoms with Gasteiger partial charge in [-0.3, -0.25) is 0 Å². The van der Waals surface area contributed by atoms with Gasteiger partial charge in [0.25, 0.3) is 0 Å². The third-order valence-corrected chi connectivity index (χ3v) is 4.38. The van der Waals surface area contributed by atoms with Crippen molar-refractivity contribution in [1.82, 2.24) is 4.90 Å². The van der Waals surface area contributed by atoms with Gasteiger partial charge in [-0.1, -0.05) is 42.1 Å². The summed E-state index contributed by atoms with van der Waals surface area (Å²) in [4.78, 5) is 2.11. The molecule has 0 aliphatic carbocycles. The van der Waals surface area contributed by atoms with E-state index in [0.717, 1.165) is 29.2 Å². The summed E-state index contributed by atoms with van der Waals surface area (Å²) in [7, 11) is 4.07. The highest BCUT2D eigenvalue weighted by molar-refractivity contribution is 8.13. The first-order valence-corrected chi connectivity index (χ1v) is 9.90. The second kappa shape index (κ2) is 10.7. The lowest BCUT2D eigenvalue weighted by Gasteiger charge is -2.17. The van der Waals surface area contributed by atoms with Gasteiger partial charge in [-0.05, 0) is 57.3 Å². The highest BCUT2D eigenvalue weighted by Gasteiger charge is 2.08. The van der Waals surface area contributed by atoms with Crippen LogP contribution < -0.4 is 10.5 Å². The molecule has 5 nitrogen and oxygen atoms in total. The number of nitrogens with zero attached hydrogens (tertiary/aromatic N) is 3. The molecule has 2 N–H and O–H groups in total. The zero-order valence-corrected chi connectivity index (χ0v) is 17.2. The van der Waals surface area contributed by atoms with E-state index < -0.39 is 0 Å². The van der Waals surface area contributed by atoms with Gasteiger partial charge in [-0.25, -0.2) is 0 Å². The van der Waals surface area contributed by atoms with Gasteiger partial charge in [-0.15, -0.1) is 5.10 Å². The fourth-order valence-electron chi connectivity index (χ4n) is 2.43. The van der Waals surface area contributed by atoms with E-state index in [1.807, 2.05) is 58.3 Å². The summed E-state index contributed by atoms with van der Waals surface area (Å²) in [5, 5.41) is 8.66. The van der Waals surface area contributed by atoms with Crippen LogP contribution >= 0.6 is 11.8 Å². The zero-order chi connectivity index (χ0) is 19.6. The van der Waals surface area contributed by atoms with Gasteiger partial charge in [0.1, 0.15) is 5.75 Å². The lowest BCUT2D eigenvalue weighted by molar-refractivity contribution is 0.236. The SMILES string of the molecule is CC(C)Oc1ccc(C=NN=C(N)SCc2ccccc2)cc1CN(C)C. The molecule has 0 aliphatic rings. The lowest BCUT2D eigenvalue weighted by atomic mass is 10.1. The van der Waals surface area contributed by atoms with Crippen molar-refractivity contribution < 1.29 is 4.74 Å². The van der Waals surface area contributed by atoms with Gasteiger partial charge in [0.05, 0.1) is 12.3 Å². The molecule has 0 bridgehead atoms. The van der Waals surface area contributed by atoms with Gasteiger partial charge in [0, 0.05) is 17.9 Å². The minimum atomic E-state index is 0.136. The number of rotatable bonds is 8. The highest BCUT2D eigenvalue weighted by Crippen LogP contribution is 2.22. The van der Waals surface area contributed by atoms with E-state index in [-0.39, 0.29) is 6.10 Å². The monoisotopic (exact) mass is 384 g/mol. The van der Waals surface area contributed by atoms with E-state index in [0.29, 0.717) is 5.17 Å². The molecule has 0 atom stereocenters. The molecule has 0 fully saturated rings. The third kappa shape index (κ3) is 7.85. The Morgan fingerprint density at radius 1 is 1.19 bits per heavy atom. The van der Waals surface area contributed by atoms with Crippen molar-refractivity contribution in [2.75, 3.05) is 14.1 Å². The van der Waals surface area contributed by atoms with Crippen molar-refractivity contribution in [3.8, 4) is 5.75 Å². The van der Waals surface area contributed by atoms with E-state index >= 15 is 0 Å². The largest absolute Gasteiger partial charge is 0.491 e. The fourth-order valence-corrected chi connectivity index (χ4v) is 3.04. The summed E-state index contributed by atoms with van der Waals surface area (Å²) < 4.78 is 5.90. The Hall–Kier alpha value is -2.31. The fraction of sp³-hybridized carbons (Fsp3) is 0.333. The highest BCUT2D eigenvalue weighted by atomic mass is 32.2. The van der Waals surface area contributed by atoms with Gasteiger partial charge in [-0.2, -0.15) is 5.10 Å². The number of hydrogen-bond acceptors (Lipinski definition) is 5. The van der Waals surface area contributed by atoms with Crippen LogP contribution in [-0.2, 0) is 12.3 Å². The maximum Gasteiger partial charge on any atom is 0.180 e. The second-order valence-electron chi connectivity index (χ2n) is 6.73. The zero-order valence-electron chi connectivity index (χ0n) is 16.4. The van der Waals surface area contributed by atoms with Crippen molar-refractivity contribution in [1.29, 1.82) is 0 Å². The molecule has 6 heteroatoms. The van der Waals surface area contributed by atoms with Crippen molar-refractivity contribution in [3.63, 3.8) is 0 Å². The molecule has 0 unspecified atom stereocenters. The molecule has 0 heterocycles. The topological polar surface area (TPSA) is 63.2 Å². The van der Waals surface area contributed by atoms with Crippen molar-refractivity contribution >= 4 is 23.1 Å². The van der Waals surface area contributed by atoms with Gasteiger partial charge >= 0.3 is 0 Å². The van der Waals surface area contributed by atoms with Gasteiger partial charge in [0.15, 0.2) is 5.17 Å². The molecule has 0 radical (unpaired) electrons. The van der Waals surface area contributed by atoms with Crippen LogP contribution in [0.2, 0.25) is 0 Å². The van der Waals surface area contributed by atoms with Crippen LogP contribution in [0.1, 0.15) is 30.5 Å². The molecular formula is C21H28N4OS. The maximum atomic E-state index is 5.93. The molecule has 2 aromatic rings. The summed E-state index contributed by atoms with van der Waals surface area (Å²) in [5.41, 5.74) is 9.22. The van der Waals surface area contributed by atoms with E-state index in [4.69, 9.17) is 10.5 Å². The number of thioether (sulfide) groups is 1. The van der Waals surface area contributed by atoms with Crippen LogP contribution in [0.15, 0.2) is 58.7 Å². The van der Waals surface area contributed by atoms with E-state index in [9.17, 15) is 0 Å². The quantitative estimate of drug-likeness (QED) is 0.422. The van der Waals surface area contributed by atoms with Crippen LogP contribution in [-0.4, -0.2) is 36.5 Å². The summed E-state index contributed by atoms with van der Waals surface area (Å²) in [6.45, 7) is 4.85. The standard InChI is InChI=1S/C21H28N4OS/c1-16(2)26-20-11-10-18(12-19(20)14-25(3)4)13-23-24-21(22)27-15-17-8-6-5-7-9-17/h5-13,16H,14-15H2,1-4H3,(H2,22,24). The maximum absolute atomic E-state index is 5.93. The summed E-state index contributed by atoms with van der Waals surface area (Å²) >= 11 is 1.47. The Bertz CT molecular complexity index is 773. The first-order valence-electron chi connectivity index (χ1n) is 8.91. The smallest absolute Gasteiger partial charge is 0.180 e. The predicted octanol–water partition coefficient (Wildman–Crippen LogP) is 4.12. The molecule has 144 valence electrons. The number of nitrogens with two attached hydrogens (primary N) is 1. The first kappa shape index (κ1) is 21.0. The predicted molar refractivity (Wildman–Crippen MR) is 117 cm³/mol. The third-order valence-electron chi connectivity index (χ3n) is 3.53. The van der Waals surface area contributed by atoms with Crippen LogP contribution in [0, 0.1) is 0 Å². The van der Waals surface area contributed by atoms with E-state index in [1.54, 1.807) is 6.21 Å². The summed E-state index contributed by atoms with van der Waals surface area (Å²) in [5.74, 6) is 1.68. The molecule has 0 saturated carbocycles. The Labute approximate surface area is 166 Å². The Morgan fingerprint density at radius 2 is 1.93 bits per heavy atom. The van der Waals surface area contributed by atoms with E-state index in [2.05, 4.69) is 33.3 Å². The molecule has 2 aromatic carbocycles. The van der Waals surface area contributed by atoms with E-state index in [1.165, 1.54) is 17.3 Å². The molecule has 27 heavy (non-hydrogen) atoms. The first-order chi connectivity index (χ1) is 12.9. The Morgan fingerprint density at radius 3 is 2.59 bits per heavy atom. The average Bonchev–Trinajstić information content (AvgIpc) is 2.62. The van der Waals surface area contributed by atoms with Gasteiger partial charge < -0.3 is 15.4 Å². The van der Waals surface area contributed by atoms with Crippen LogP contribution in [0.5, 0.6) is 5.75 Å². The van der Waals surface area contributed by atoms with Crippen molar-refractivity contribution in [2.45, 2.75) is 32.2 Å². The molecule has 0 saturated heterocycles. The lowest BCUT2D eigenvalue weighted by Crippen LogP contribution is -2.14. The molecular weight excluding hydrogens is 356 g/mol. The molecule has 0 aromatic heterocycles. The van der Waals surface area contributed by atoms with Crippen LogP contribution in [0.25, 0.3) is 0 Å². The summed E-state index contributed by atoms with van der Waals surface area (Å²) in [6, 6.07) is 16.2. The number of hydrogen-bond donors (Lipinski definition) is 1. The second-order valence-corrected chi connectivity index (χ2v) is 7.72. The molecule has 0 aliphatic heterocycles. The van der Waals surface area contributed by atoms with Crippen molar-refractivity contribution in [2.24, 2.45) is 15.9 Å². The molecule has 2 rings (SSSR count). The molecule has 0 amide bonds. The Balaban J connectivity index is 2.02. The Kier molecular flexibility index (Phi) is 8.36. The van der Waals surface area contributed by atoms with Gasteiger partial charge in [0.2, 0.25) is 0 Å². The molecule has 0 spiro atoms. The van der Waals surface area contributed by atoms with Crippen LogP contribution in [0.3, 0.4) is 0 Å². The van der Waals surface area contributed by atoms with Crippen LogP contribution in [0.4, 0.5) is 0 Å². The number of benzene rings is 2. The number of amidine groups is 1. The number of ether oxygens (including phenoxy) is 1. The van der Waals surface area contributed by atoms with Crippen molar-refractivity contribution in [3.05, 3.63) is 65.2 Å². The minimum absolute atomic E-state index is 0.136. The normalized spacial score (nSPS) is 12.3.